The van der Waals surface area contributed by atoms with Crippen molar-refractivity contribution in [3.8, 4) is 0 Å². The van der Waals surface area contributed by atoms with Crippen LogP contribution in [0.4, 0.5) is 5.13 Å². The van der Waals surface area contributed by atoms with Gasteiger partial charge in [-0.3, -0.25) is 9.69 Å². The van der Waals surface area contributed by atoms with E-state index in [4.69, 9.17) is 9.72 Å². The zero-order valence-electron chi connectivity index (χ0n) is 17.1. The van der Waals surface area contributed by atoms with Gasteiger partial charge in [-0.25, -0.2) is 4.98 Å². The number of thiazole rings is 1. The van der Waals surface area contributed by atoms with Crippen LogP contribution in [0.2, 0.25) is 0 Å². The Morgan fingerprint density at radius 3 is 2.62 bits per heavy atom. The summed E-state index contributed by atoms with van der Waals surface area (Å²) in [5.41, 5.74) is 4.57. The molecule has 0 spiro atoms. The van der Waals surface area contributed by atoms with E-state index in [2.05, 4.69) is 57.2 Å². The number of thioether (sulfide) groups is 1. The van der Waals surface area contributed by atoms with Crippen LogP contribution in [-0.4, -0.2) is 35.9 Å². The van der Waals surface area contributed by atoms with Crippen LogP contribution < -0.4 is 4.90 Å². The lowest BCUT2D eigenvalue weighted by Crippen LogP contribution is -2.38. The fraction of sp³-hybridized carbons (Fsp3) is 0.391. The molecule has 3 aromatic rings. The van der Waals surface area contributed by atoms with Crippen molar-refractivity contribution in [2.75, 3.05) is 23.8 Å². The number of carbonyl (C=O) groups is 1. The molecule has 0 bridgehead atoms. The Balaban J connectivity index is 1.58. The number of aryl methyl sites for hydroxylation is 3. The average Bonchev–Trinajstić information content (AvgIpc) is 3.39. The third-order valence-corrected chi connectivity index (χ3v) is 7.47. The quantitative estimate of drug-likeness (QED) is 0.486. The summed E-state index contributed by atoms with van der Waals surface area (Å²) >= 11 is 3.19. The minimum Gasteiger partial charge on any atom is -0.376 e. The molecule has 1 aliphatic rings. The topological polar surface area (TPSA) is 42.4 Å². The smallest absolute Gasteiger partial charge is 0.239 e. The zero-order chi connectivity index (χ0) is 20.4. The molecular weight excluding hydrogens is 400 g/mol. The number of anilines is 1. The van der Waals surface area contributed by atoms with Gasteiger partial charge in [-0.1, -0.05) is 41.2 Å². The number of carbonyl (C=O) groups excluding carboxylic acids is 1. The van der Waals surface area contributed by atoms with Crippen molar-refractivity contribution in [1.82, 2.24) is 4.98 Å². The molecule has 0 saturated carbocycles. The molecule has 2 heterocycles. The van der Waals surface area contributed by atoms with Gasteiger partial charge >= 0.3 is 0 Å². The van der Waals surface area contributed by atoms with Gasteiger partial charge in [0.2, 0.25) is 5.91 Å². The Morgan fingerprint density at radius 1 is 1.17 bits per heavy atom. The molecule has 0 N–H and O–H groups in total. The molecule has 1 unspecified atom stereocenters. The molecule has 29 heavy (non-hydrogen) atoms. The Kier molecular flexibility index (Phi) is 6.23. The van der Waals surface area contributed by atoms with Crippen molar-refractivity contribution in [3.63, 3.8) is 0 Å². The first-order chi connectivity index (χ1) is 14.0. The summed E-state index contributed by atoms with van der Waals surface area (Å²) in [4.78, 5) is 21.1. The number of hydrogen-bond donors (Lipinski definition) is 0. The fourth-order valence-electron chi connectivity index (χ4n) is 3.50. The van der Waals surface area contributed by atoms with Crippen LogP contribution in [0.3, 0.4) is 0 Å². The molecule has 1 aromatic heterocycles. The number of ether oxygens (including phenoxy) is 1. The number of nitrogens with zero attached hydrogens (tertiary/aromatic N) is 2. The Bertz CT molecular complexity index is 969. The van der Waals surface area contributed by atoms with E-state index >= 15 is 0 Å². The monoisotopic (exact) mass is 426 g/mol. The van der Waals surface area contributed by atoms with E-state index in [1.165, 1.54) is 11.1 Å². The van der Waals surface area contributed by atoms with Crippen molar-refractivity contribution < 1.29 is 9.53 Å². The first-order valence-electron chi connectivity index (χ1n) is 9.99. The molecule has 4 rings (SSSR count). The lowest BCUT2D eigenvalue weighted by molar-refractivity contribution is -0.116. The maximum atomic E-state index is 13.2. The van der Waals surface area contributed by atoms with E-state index in [1.807, 2.05) is 4.90 Å². The Morgan fingerprint density at radius 2 is 1.93 bits per heavy atom. The predicted molar refractivity (Wildman–Crippen MR) is 122 cm³/mol. The van der Waals surface area contributed by atoms with Crippen molar-refractivity contribution in [2.24, 2.45) is 0 Å². The molecule has 1 amide bonds. The number of rotatable bonds is 6. The highest BCUT2D eigenvalue weighted by Gasteiger charge is 2.26. The third kappa shape index (κ3) is 4.65. The summed E-state index contributed by atoms with van der Waals surface area (Å²) < 4.78 is 6.99. The summed E-state index contributed by atoms with van der Waals surface area (Å²) in [6, 6.07) is 12.5. The van der Waals surface area contributed by atoms with Crippen LogP contribution in [-0.2, 0) is 9.53 Å². The Hall–Kier alpha value is -1.89. The molecule has 1 aliphatic heterocycles. The maximum absolute atomic E-state index is 13.2. The van der Waals surface area contributed by atoms with Crippen molar-refractivity contribution in [3.05, 3.63) is 53.1 Å². The van der Waals surface area contributed by atoms with Crippen LogP contribution in [0.5, 0.6) is 0 Å². The highest BCUT2D eigenvalue weighted by Crippen LogP contribution is 2.34. The number of aromatic nitrogens is 1. The van der Waals surface area contributed by atoms with Crippen LogP contribution in [0.1, 0.15) is 29.5 Å². The summed E-state index contributed by atoms with van der Waals surface area (Å²) in [6.45, 7) is 7.60. The molecule has 1 fully saturated rings. The molecule has 0 aliphatic carbocycles. The normalized spacial score (nSPS) is 16.4. The van der Waals surface area contributed by atoms with Gasteiger partial charge in [-0.15, -0.1) is 11.8 Å². The first-order valence-corrected chi connectivity index (χ1v) is 11.8. The number of amides is 1. The van der Waals surface area contributed by atoms with Gasteiger partial charge in [-0.05, 0) is 56.9 Å². The second kappa shape index (κ2) is 8.86. The summed E-state index contributed by atoms with van der Waals surface area (Å²) in [7, 11) is 0. The van der Waals surface area contributed by atoms with Crippen molar-refractivity contribution >= 4 is 44.4 Å². The van der Waals surface area contributed by atoms with E-state index in [0.29, 0.717) is 12.3 Å². The van der Waals surface area contributed by atoms with Gasteiger partial charge in [0.1, 0.15) is 0 Å². The molecular formula is C23H26N2O2S2. The lowest BCUT2D eigenvalue weighted by Gasteiger charge is -2.23. The molecule has 1 saturated heterocycles. The van der Waals surface area contributed by atoms with Gasteiger partial charge in [-0.2, -0.15) is 0 Å². The number of hydrogen-bond acceptors (Lipinski definition) is 5. The van der Waals surface area contributed by atoms with Crippen LogP contribution in [0.15, 0.2) is 41.3 Å². The van der Waals surface area contributed by atoms with Crippen LogP contribution in [0.25, 0.3) is 10.2 Å². The second-order valence-electron chi connectivity index (χ2n) is 7.61. The summed E-state index contributed by atoms with van der Waals surface area (Å²) in [6.07, 6.45) is 2.15. The summed E-state index contributed by atoms with van der Waals surface area (Å²) in [5.74, 6) is 0.476. The highest BCUT2D eigenvalue weighted by atomic mass is 32.2. The largest absolute Gasteiger partial charge is 0.376 e. The van der Waals surface area contributed by atoms with Crippen LogP contribution >= 0.6 is 23.1 Å². The van der Waals surface area contributed by atoms with Gasteiger partial charge in [0.05, 0.1) is 28.6 Å². The average molecular weight is 427 g/mol. The predicted octanol–water partition coefficient (Wildman–Crippen LogP) is 5.53. The van der Waals surface area contributed by atoms with Gasteiger partial charge < -0.3 is 4.74 Å². The van der Waals surface area contributed by atoms with E-state index < -0.39 is 0 Å². The zero-order valence-corrected chi connectivity index (χ0v) is 18.7. The van der Waals surface area contributed by atoms with Crippen molar-refractivity contribution in [2.45, 2.75) is 44.6 Å². The molecule has 2 aromatic carbocycles. The number of fused-ring (bicyclic) bond motifs is 1. The lowest BCUT2D eigenvalue weighted by atomic mass is 10.1. The van der Waals surface area contributed by atoms with Gasteiger partial charge in [0.15, 0.2) is 5.13 Å². The van der Waals surface area contributed by atoms with Crippen molar-refractivity contribution in [1.29, 1.82) is 0 Å². The Labute approximate surface area is 180 Å². The molecule has 0 radical (unpaired) electrons. The fourth-order valence-corrected chi connectivity index (χ4v) is 5.41. The first kappa shape index (κ1) is 20.4. The van der Waals surface area contributed by atoms with E-state index in [0.717, 1.165) is 45.3 Å². The maximum Gasteiger partial charge on any atom is 0.239 e. The standard InChI is InChI=1S/C23H26N2O2S2/c1-15-6-10-19(11-7-15)28-14-20(26)25(13-18-5-4-12-27-18)23-24-21-16(2)8-9-17(3)22(21)29-23/h6-11,18H,4-5,12-14H2,1-3H3. The highest BCUT2D eigenvalue weighted by molar-refractivity contribution is 8.00. The minimum absolute atomic E-state index is 0.0837. The van der Waals surface area contributed by atoms with E-state index in [-0.39, 0.29) is 12.0 Å². The van der Waals surface area contributed by atoms with Gasteiger partial charge in [0, 0.05) is 11.5 Å². The second-order valence-corrected chi connectivity index (χ2v) is 9.64. The third-order valence-electron chi connectivity index (χ3n) is 5.26. The molecule has 4 nitrogen and oxygen atoms in total. The SMILES string of the molecule is Cc1ccc(SCC(=O)N(CC2CCCO2)c2nc3c(C)ccc(C)c3s2)cc1. The van der Waals surface area contributed by atoms with Crippen LogP contribution in [0, 0.1) is 20.8 Å². The van der Waals surface area contributed by atoms with E-state index in [9.17, 15) is 4.79 Å². The van der Waals surface area contributed by atoms with E-state index in [1.54, 1.807) is 23.1 Å². The molecule has 1 atom stereocenters. The number of benzene rings is 2. The molecule has 6 heteroatoms. The van der Waals surface area contributed by atoms with Gasteiger partial charge in [0.25, 0.3) is 0 Å². The summed E-state index contributed by atoms with van der Waals surface area (Å²) in [5, 5.41) is 0.780. The molecule has 152 valence electrons. The minimum atomic E-state index is 0.0837.